The second-order valence-corrected chi connectivity index (χ2v) is 2.90. The minimum atomic E-state index is -0.724. The Morgan fingerprint density at radius 1 is 1.46 bits per heavy atom. The Bertz CT molecular complexity index is 181. The third-order valence-electron chi connectivity index (χ3n) is 2.03. The number of hydrogen-bond donors (Lipinski definition) is 1. The molecule has 1 N–H and O–H groups in total. The first-order chi connectivity index (χ1) is 6.19. The minimum absolute atomic E-state index is 0.422. The summed E-state index contributed by atoms with van der Waals surface area (Å²) in [5.74, 6) is -0.422. The lowest BCUT2D eigenvalue weighted by Gasteiger charge is -2.31. The fraction of sp³-hybridized carbons (Fsp3) is 0.875. The van der Waals surface area contributed by atoms with E-state index in [1.807, 2.05) is 0 Å². The van der Waals surface area contributed by atoms with Crippen molar-refractivity contribution in [3.63, 3.8) is 0 Å². The summed E-state index contributed by atoms with van der Waals surface area (Å²) in [5, 5.41) is 9.34. The summed E-state index contributed by atoms with van der Waals surface area (Å²) in [6.07, 6.45) is -1.05. The fourth-order valence-corrected chi connectivity index (χ4v) is 1.30. The highest BCUT2D eigenvalue weighted by atomic mass is 16.7. The van der Waals surface area contributed by atoms with Crippen LogP contribution in [-0.2, 0) is 19.0 Å². The lowest BCUT2D eigenvalue weighted by atomic mass is 10.1. The molecular formula is C8H14O5. The Hall–Kier alpha value is -0.650. The Kier molecular flexibility index (Phi) is 3.65. The molecule has 0 radical (unpaired) electrons. The zero-order valence-corrected chi connectivity index (χ0v) is 7.73. The van der Waals surface area contributed by atoms with Crippen molar-refractivity contribution in [1.82, 2.24) is 0 Å². The van der Waals surface area contributed by atoms with Crippen LogP contribution >= 0.6 is 0 Å². The zero-order valence-electron chi connectivity index (χ0n) is 7.73. The Labute approximate surface area is 76.6 Å². The molecule has 0 spiro atoms. The molecule has 0 aliphatic carbocycles. The van der Waals surface area contributed by atoms with Crippen molar-refractivity contribution < 1.29 is 24.1 Å². The van der Waals surface area contributed by atoms with E-state index in [-0.39, 0.29) is 0 Å². The molecule has 13 heavy (non-hydrogen) atoms. The average molecular weight is 190 g/mol. The molecule has 0 saturated carbocycles. The van der Waals surface area contributed by atoms with Gasteiger partial charge < -0.3 is 19.3 Å². The fourth-order valence-electron chi connectivity index (χ4n) is 1.30. The second kappa shape index (κ2) is 4.55. The van der Waals surface area contributed by atoms with Gasteiger partial charge in [-0.2, -0.15) is 0 Å². The molecule has 1 aliphatic rings. The number of carbonyl (C=O) groups excluding carboxylic acids is 1. The standard InChI is InChI=1S/C8H14O5/c1-11-7(10)6-4-3-5(9)8(12-2)13-6/h5-6,8-9H,3-4H2,1-2H3/t5-,6-,8+/m0/s1. The molecule has 0 aromatic rings. The summed E-state index contributed by atoms with van der Waals surface area (Å²) in [6.45, 7) is 0. The van der Waals surface area contributed by atoms with E-state index in [0.717, 1.165) is 0 Å². The second-order valence-electron chi connectivity index (χ2n) is 2.90. The van der Waals surface area contributed by atoms with Crippen molar-refractivity contribution in [2.45, 2.75) is 31.3 Å². The Morgan fingerprint density at radius 2 is 2.15 bits per heavy atom. The van der Waals surface area contributed by atoms with E-state index in [0.29, 0.717) is 12.8 Å². The molecule has 0 aromatic carbocycles. The predicted molar refractivity (Wildman–Crippen MR) is 42.9 cm³/mol. The van der Waals surface area contributed by atoms with E-state index in [1.165, 1.54) is 14.2 Å². The Morgan fingerprint density at radius 3 is 2.69 bits per heavy atom. The summed E-state index contributed by atoms with van der Waals surface area (Å²) >= 11 is 0. The topological polar surface area (TPSA) is 65.0 Å². The van der Waals surface area contributed by atoms with Crippen molar-refractivity contribution in [2.24, 2.45) is 0 Å². The van der Waals surface area contributed by atoms with Crippen LogP contribution in [-0.4, -0.2) is 43.8 Å². The van der Waals surface area contributed by atoms with Crippen LogP contribution in [0, 0.1) is 0 Å². The van der Waals surface area contributed by atoms with Crippen LogP contribution < -0.4 is 0 Å². The average Bonchev–Trinajstić information content (AvgIpc) is 2.17. The highest BCUT2D eigenvalue weighted by Gasteiger charge is 2.34. The summed E-state index contributed by atoms with van der Waals surface area (Å²) in [5.41, 5.74) is 0. The van der Waals surface area contributed by atoms with Crippen LogP contribution in [0.15, 0.2) is 0 Å². The summed E-state index contributed by atoms with van der Waals surface area (Å²) in [6, 6.07) is 0. The van der Waals surface area contributed by atoms with Crippen molar-refractivity contribution in [2.75, 3.05) is 14.2 Å². The molecule has 3 atom stereocenters. The van der Waals surface area contributed by atoms with Crippen molar-refractivity contribution in [1.29, 1.82) is 0 Å². The summed E-state index contributed by atoms with van der Waals surface area (Å²) < 4.78 is 14.5. The zero-order chi connectivity index (χ0) is 9.84. The number of aliphatic hydroxyl groups is 1. The van der Waals surface area contributed by atoms with Gasteiger partial charge in [0, 0.05) is 7.11 Å². The van der Waals surface area contributed by atoms with E-state index >= 15 is 0 Å². The van der Waals surface area contributed by atoms with Gasteiger partial charge in [-0.05, 0) is 12.8 Å². The molecule has 1 saturated heterocycles. The van der Waals surface area contributed by atoms with Gasteiger partial charge in [0.2, 0.25) is 0 Å². The normalized spacial score (nSPS) is 34.2. The van der Waals surface area contributed by atoms with Crippen molar-refractivity contribution >= 4 is 5.97 Å². The van der Waals surface area contributed by atoms with E-state index in [2.05, 4.69) is 4.74 Å². The molecule has 1 rings (SSSR count). The molecule has 0 aromatic heterocycles. The first-order valence-electron chi connectivity index (χ1n) is 4.13. The van der Waals surface area contributed by atoms with Gasteiger partial charge >= 0.3 is 5.97 Å². The van der Waals surface area contributed by atoms with Crippen LogP contribution in [0.5, 0.6) is 0 Å². The lowest BCUT2D eigenvalue weighted by molar-refractivity contribution is -0.233. The van der Waals surface area contributed by atoms with Gasteiger partial charge in [-0.15, -0.1) is 0 Å². The number of hydrogen-bond acceptors (Lipinski definition) is 5. The number of aliphatic hydroxyl groups excluding tert-OH is 1. The molecule has 0 amide bonds. The SMILES string of the molecule is COC(=O)[C@@H]1CC[C@H](O)[C@H](OC)O1. The number of ether oxygens (including phenoxy) is 3. The number of esters is 1. The van der Waals surface area contributed by atoms with Crippen LogP contribution in [0.2, 0.25) is 0 Å². The third-order valence-corrected chi connectivity index (χ3v) is 2.03. The lowest BCUT2D eigenvalue weighted by Crippen LogP contribution is -2.43. The van der Waals surface area contributed by atoms with Gasteiger partial charge in [0.15, 0.2) is 12.4 Å². The van der Waals surface area contributed by atoms with Gasteiger partial charge in [-0.1, -0.05) is 0 Å². The smallest absolute Gasteiger partial charge is 0.335 e. The molecule has 0 bridgehead atoms. The largest absolute Gasteiger partial charge is 0.467 e. The molecule has 1 fully saturated rings. The van der Waals surface area contributed by atoms with Gasteiger partial charge in [0.1, 0.15) is 6.10 Å². The number of rotatable bonds is 2. The molecule has 76 valence electrons. The molecule has 5 nitrogen and oxygen atoms in total. The maximum atomic E-state index is 11.1. The van der Waals surface area contributed by atoms with Crippen LogP contribution in [0.4, 0.5) is 0 Å². The van der Waals surface area contributed by atoms with E-state index in [9.17, 15) is 9.90 Å². The van der Waals surface area contributed by atoms with Gasteiger partial charge in [-0.3, -0.25) is 0 Å². The highest BCUT2D eigenvalue weighted by Crippen LogP contribution is 2.20. The maximum Gasteiger partial charge on any atom is 0.335 e. The Balaban J connectivity index is 2.49. The quantitative estimate of drug-likeness (QED) is 0.604. The minimum Gasteiger partial charge on any atom is -0.467 e. The molecule has 1 heterocycles. The van der Waals surface area contributed by atoms with Crippen LogP contribution in [0.1, 0.15) is 12.8 Å². The molecule has 5 heteroatoms. The van der Waals surface area contributed by atoms with E-state index < -0.39 is 24.5 Å². The highest BCUT2D eigenvalue weighted by molar-refractivity contribution is 5.74. The third kappa shape index (κ3) is 2.40. The van der Waals surface area contributed by atoms with Crippen LogP contribution in [0.25, 0.3) is 0 Å². The summed E-state index contributed by atoms with van der Waals surface area (Å²) in [4.78, 5) is 11.1. The first-order valence-corrected chi connectivity index (χ1v) is 4.13. The molecule has 0 unspecified atom stereocenters. The van der Waals surface area contributed by atoms with Crippen LogP contribution in [0.3, 0.4) is 0 Å². The summed E-state index contributed by atoms with van der Waals surface area (Å²) in [7, 11) is 2.73. The van der Waals surface area contributed by atoms with Gasteiger partial charge in [-0.25, -0.2) is 4.79 Å². The first kappa shape index (κ1) is 10.4. The molecular weight excluding hydrogens is 176 g/mol. The van der Waals surface area contributed by atoms with Gasteiger partial charge in [0.25, 0.3) is 0 Å². The monoisotopic (exact) mass is 190 g/mol. The van der Waals surface area contributed by atoms with E-state index in [4.69, 9.17) is 9.47 Å². The maximum absolute atomic E-state index is 11.1. The number of methoxy groups -OCH3 is 2. The molecule has 1 aliphatic heterocycles. The number of carbonyl (C=O) groups is 1. The van der Waals surface area contributed by atoms with Crippen molar-refractivity contribution in [3.8, 4) is 0 Å². The van der Waals surface area contributed by atoms with E-state index in [1.54, 1.807) is 0 Å². The predicted octanol–water partition coefficient (Wildman–Crippen LogP) is -0.328. The van der Waals surface area contributed by atoms with Gasteiger partial charge in [0.05, 0.1) is 7.11 Å². The van der Waals surface area contributed by atoms with Crippen molar-refractivity contribution in [3.05, 3.63) is 0 Å².